The van der Waals surface area contributed by atoms with E-state index in [1.807, 2.05) is 0 Å². The Bertz CT molecular complexity index is 929. The number of aromatic nitrogens is 1. The van der Waals surface area contributed by atoms with E-state index >= 15 is 0 Å². The zero-order valence-corrected chi connectivity index (χ0v) is 15.0. The fraction of sp³-hybridized carbons (Fsp3) is 0.294. The molecule has 1 N–H and O–H groups in total. The van der Waals surface area contributed by atoms with Gasteiger partial charge in [-0.25, -0.2) is 8.78 Å². The number of carbonyl (C=O) groups is 2. The molecule has 0 spiro atoms. The van der Waals surface area contributed by atoms with Crippen LogP contribution in [0.15, 0.2) is 34.9 Å². The smallest absolute Gasteiger partial charge is 0.268 e. The Kier molecular flexibility index (Phi) is 4.87. The van der Waals surface area contributed by atoms with Gasteiger partial charge in [-0.1, -0.05) is 12.1 Å². The van der Waals surface area contributed by atoms with Crippen LogP contribution in [0.2, 0.25) is 0 Å². The second-order valence-electron chi connectivity index (χ2n) is 5.90. The first-order valence-corrected chi connectivity index (χ1v) is 8.50. The Morgan fingerprint density at radius 3 is 2.92 bits per heavy atom. The molecule has 0 aliphatic carbocycles. The number of nitrogens with zero attached hydrogens (tertiary/aromatic N) is 3. The zero-order chi connectivity index (χ0) is 18.9. The van der Waals surface area contributed by atoms with Crippen LogP contribution in [0.3, 0.4) is 0 Å². The van der Waals surface area contributed by atoms with Gasteiger partial charge in [0.25, 0.3) is 11.8 Å². The number of fused-ring (bicyclic) bond motifs is 1. The lowest BCUT2D eigenvalue weighted by atomic mass is 10.1. The third-order valence-electron chi connectivity index (χ3n) is 4.11. The predicted octanol–water partition coefficient (Wildman–Crippen LogP) is 2.49. The summed E-state index contributed by atoms with van der Waals surface area (Å²) in [5.74, 6) is -4.34. The highest BCUT2D eigenvalue weighted by atomic mass is 79.9. The molecule has 1 aromatic carbocycles. The first-order valence-electron chi connectivity index (χ1n) is 7.71. The van der Waals surface area contributed by atoms with Crippen LogP contribution in [0, 0.1) is 11.3 Å². The van der Waals surface area contributed by atoms with Gasteiger partial charge in [-0.3, -0.25) is 14.6 Å². The highest BCUT2D eigenvalue weighted by molar-refractivity contribution is 9.10. The summed E-state index contributed by atoms with van der Waals surface area (Å²) in [5, 5.41) is 12.0. The lowest BCUT2D eigenvalue weighted by molar-refractivity contribution is -0.131. The van der Waals surface area contributed by atoms with Crippen LogP contribution >= 0.6 is 15.9 Å². The van der Waals surface area contributed by atoms with Crippen molar-refractivity contribution in [2.75, 3.05) is 13.1 Å². The molecule has 9 heteroatoms. The van der Waals surface area contributed by atoms with Gasteiger partial charge in [0, 0.05) is 22.5 Å². The number of nitrogens with one attached hydrogen (secondary N) is 1. The van der Waals surface area contributed by atoms with Crippen molar-refractivity contribution >= 4 is 38.6 Å². The average molecular weight is 423 g/mol. The summed E-state index contributed by atoms with van der Waals surface area (Å²) in [5.41, 5.74) is 0.905. The summed E-state index contributed by atoms with van der Waals surface area (Å²) in [6, 6.07) is 7.28. The molecule has 1 aliphatic rings. The number of halogens is 3. The Morgan fingerprint density at radius 1 is 1.42 bits per heavy atom. The van der Waals surface area contributed by atoms with Crippen molar-refractivity contribution in [3.05, 3.63) is 40.5 Å². The number of rotatable bonds is 3. The maximum absolute atomic E-state index is 13.4. The molecule has 134 valence electrons. The molecule has 3 rings (SSSR count). The van der Waals surface area contributed by atoms with Crippen LogP contribution in [-0.2, 0) is 4.79 Å². The van der Waals surface area contributed by atoms with E-state index in [0.29, 0.717) is 16.5 Å². The molecule has 26 heavy (non-hydrogen) atoms. The fourth-order valence-corrected chi connectivity index (χ4v) is 3.35. The van der Waals surface area contributed by atoms with Crippen LogP contribution in [0.5, 0.6) is 0 Å². The van der Waals surface area contributed by atoms with Gasteiger partial charge in [-0.2, -0.15) is 5.26 Å². The van der Waals surface area contributed by atoms with Crippen molar-refractivity contribution in [3.8, 4) is 6.07 Å². The van der Waals surface area contributed by atoms with Crippen molar-refractivity contribution in [3.63, 3.8) is 0 Å². The predicted molar refractivity (Wildman–Crippen MR) is 92.5 cm³/mol. The Balaban J connectivity index is 1.73. The molecular weight excluding hydrogens is 410 g/mol. The second kappa shape index (κ2) is 6.96. The molecule has 2 amide bonds. The summed E-state index contributed by atoms with van der Waals surface area (Å²) in [4.78, 5) is 29.6. The van der Waals surface area contributed by atoms with E-state index in [0.717, 1.165) is 9.37 Å². The first kappa shape index (κ1) is 18.2. The van der Waals surface area contributed by atoms with Crippen molar-refractivity contribution in [1.29, 1.82) is 5.26 Å². The second-order valence-corrected chi connectivity index (χ2v) is 6.76. The largest absolute Gasteiger partial charge is 0.343 e. The maximum atomic E-state index is 13.4. The van der Waals surface area contributed by atoms with Crippen LogP contribution in [-0.4, -0.2) is 46.8 Å². The molecule has 0 bridgehead atoms. The fourth-order valence-electron chi connectivity index (χ4n) is 2.89. The average Bonchev–Trinajstić information content (AvgIpc) is 2.94. The van der Waals surface area contributed by atoms with Gasteiger partial charge >= 0.3 is 0 Å². The van der Waals surface area contributed by atoms with Crippen molar-refractivity contribution in [1.82, 2.24) is 15.2 Å². The topological polar surface area (TPSA) is 86.1 Å². The van der Waals surface area contributed by atoms with Crippen LogP contribution in [0.1, 0.15) is 16.8 Å². The molecule has 2 aromatic rings. The number of benzene rings is 1. The van der Waals surface area contributed by atoms with Crippen LogP contribution < -0.4 is 5.32 Å². The molecule has 0 radical (unpaired) electrons. The molecule has 0 unspecified atom stereocenters. The van der Waals surface area contributed by atoms with Crippen molar-refractivity contribution in [2.45, 2.75) is 18.4 Å². The van der Waals surface area contributed by atoms with E-state index in [9.17, 15) is 18.4 Å². The zero-order valence-electron chi connectivity index (χ0n) is 13.4. The molecule has 1 aliphatic heterocycles. The quantitative estimate of drug-likeness (QED) is 0.822. The van der Waals surface area contributed by atoms with E-state index < -0.39 is 43.3 Å². The maximum Gasteiger partial charge on any atom is 0.268 e. The highest BCUT2D eigenvalue weighted by Gasteiger charge is 2.47. The number of nitriles is 1. The minimum absolute atomic E-state index is 0.313. The standard InChI is InChI=1S/C17H13BrF2N4O2/c18-13-3-1-2-11-12(4-5-22-15(11)13)16(26)23-8-14(25)24-9-17(19,20)6-10(24)7-21/h1-5,10H,6,8-9H2,(H,23,26)/t10-/m0/s1. The normalized spacial score (nSPS) is 18.5. The number of likely N-dealkylation sites (tertiary alicyclic amines) is 1. The van der Waals surface area contributed by atoms with Gasteiger partial charge < -0.3 is 10.2 Å². The SMILES string of the molecule is N#C[C@@H]1CC(F)(F)CN1C(=O)CNC(=O)c1ccnc2c(Br)cccc12. The van der Waals surface area contributed by atoms with Crippen molar-refractivity contribution in [2.24, 2.45) is 0 Å². The number of para-hydroxylation sites is 1. The summed E-state index contributed by atoms with van der Waals surface area (Å²) in [6.45, 7) is -1.28. The van der Waals surface area contributed by atoms with Gasteiger partial charge in [0.05, 0.1) is 30.2 Å². The molecule has 1 saturated heterocycles. The summed E-state index contributed by atoms with van der Waals surface area (Å²) in [7, 11) is 0. The van der Waals surface area contributed by atoms with E-state index in [2.05, 4.69) is 26.2 Å². The summed E-state index contributed by atoms with van der Waals surface area (Å²) < 4.78 is 27.6. The minimum atomic E-state index is -3.09. The number of carbonyl (C=O) groups excluding carboxylic acids is 2. The van der Waals surface area contributed by atoms with Gasteiger partial charge in [0.1, 0.15) is 6.04 Å². The van der Waals surface area contributed by atoms with E-state index in [4.69, 9.17) is 5.26 Å². The highest BCUT2D eigenvalue weighted by Crippen LogP contribution is 2.31. The molecular formula is C17H13BrF2N4O2. The molecule has 0 saturated carbocycles. The van der Waals surface area contributed by atoms with Gasteiger partial charge in [0.15, 0.2) is 0 Å². The number of hydrogen-bond donors (Lipinski definition) is 1. The van der Waals surface area contributed by atoms with E-state index in [1.165, 1.54) is 12.3 Å². The Labute approximate surface area is 155 Å². The van der Waals surface area contributed by atoms with E-state index in [1.54, 1.807) is 24.3 Å². The first-order chi connectivity index (χ1) is 12.3. The molecule has 1 fully saturated rings. The number of pyridine rings is 1. The number of alkyl halides is 2. The van der Waals surface area contributed by atoms with Crippen LogP contribution in [0.4, 0.5) is 8.78 Å². The lowest BCUT2D eigenvalue weighted by Crippen LogP contribution is -2.43. The third kappa shape index (κ3) is 3.51. The Morgan fingerprint density at radius 2 is 2.19 bits per heavy atom. The third-order valence-corrected chi connectivity index (χ3v) is 4.75. The molecule has 1 atom stereocenters. The molecule has 6 nitrogen and oxygen atoms in total. The summed E-state index contributed by atoms with van der Waals surface area (Å²) >= 11 is 3.36. The van der Waals surface area contributed by atoms with E-state index in [-0.39, 0.29) is 0 Å². The minimum Gasteiger partial charge on any atom is -0.343 e. The van der Waals surface area contributed by atoms with Gasteiger partial charge in [0.2, 0.25) is 5.91 Å². The van der Waals surface area contributed by atoms with Gasteiger partial charge in [-0.15, -0.1) is 0 Å². The molecule has 2 heterocycles. The molecule has 1 aromatic heterocycles. The summed E-state index contributed by atoms with van der Waals surface area (Å²) in [6.07, 6.45) is 0.781. The Hall–Kier alpha value is -2.60. The number of hydrogen-bond acceptors (Lipinski definition) is 4. The lowest BCUT2D eigenvalue weighted by Gasteiger charge is -2.19. The van der Waals surface area contributed by atoms with Crippen molar-refractivity contribution < 1.29 is 18.4 Å². The van der Waals surface area contributed by atoms with Crippen LogP contribution in [0.25, 0.3) is 10.9 Å². The number of amides is 2. The van der Waals surface area contributed by atoms with Gasteiger partial charge in [-0.05, 0) is 28.1 Å². The monoisotopic (exact) mass is 422 g/mol.